The third-order valence-corrected chi connectivity index (χ3v) is 3.94. The van der Waals surface area contributed by atoms with Gasteiger partial charge in [-0.15, -0.1) is 0 Å². The van der Waals surface area contributed by atoms with Crippen LogP contribution in [0.2, 0.25) is 0 Å². The van der Waals surface area contributed by atoms with E-state index in [1.165, 1.54) is 32.1 Å². The van der Waals surface area contributed by atoms with Crippen molar-refractivity contribution < 1.29 is 9.47 Å². The first-order valence-electron chi connectivity index (χ1n) is 5.23. The van der Waals surface area contributed by atoms with E-state index in [0.29, 0.717) is 17.0 Å². The number of hydrogen-bond donors (Lipinski definition) is 0. The van der Waals surface area contributed by atoms with Gasteiger partial charge in [0, 0.05) is 11.4 Å². The number of alkyl halides is 1. The first-order chi connectivity index (χ1) is 6.36. The van der Waals surface area contributed by atoms with E-state index >= 15 is 0 Å². The van der Waals surface area contributed by atoms with Crippen molar-refractivity contribution in [3.63, 3.8) is 0 Å². The van der Waals surface area contributed by atoms with E-state index in [9.17, 15) is 0 Å². The lowest BCUT2D eigenvalue weighted by Gasteiger charge is -2.17. The highest BCUT2D eigenvalue weighted by molar-refractivity contribution is 9.09. The summed E-state index contributed by atoms with van der Waals surface area (Å²) in [6, 6.07) is 0. The monoisotopic (exact) mass is 248 g/mol. The first kappa shape index (κ1) is 9.94. The standard InChI is InChI=1S/C10H17BrO2/c11-9-4-1-5-10(9)13-7-8-3-2-6-12-8/h8-10H,1-7H2. The van der Waals surface area contributed by atoms with Crippen LogP contribution in [0.15, 0.2) is 0 Å². The van der Waals surface area contributed by atoms with Crippen LogP contribution in [0.25, 0.3) is 0 Å². The van der Waals surface area contributed by atoms with Gasteiger partial charge in [0.15, 0.2) is 0 Å². The third-order valence-electron chi connectivity index (χ3n) is 2.89. The Hall–Kier alpha value is 0.400. The van der Waals surface area contributed by atoms with Gasteiger partial charge in [-0.3, -0.25) is 0 Å². The zero-order chi connectivity index (χ0) is 9.10. The summed E-state index contributed by atoms with van der Waals surface area (Å²) in [5, 5.41) is 0. The van der Waals surface area contributed by atoms with E-state index < -0.39 is 0 Å². The van der Waals surface area contributed by atoms with Crippen molar-refractivity contribution >= 4 is 15.9 Å². The van der Waals surface area contributed by atoms with Crippen LogP contribution < -0.4 is 0 Å². The zero-order valence-corrected chi connectivity index (χ0v) is 9.46. The molecule has 0 aromatic rings. The Morgan fingerprint density at radius 1 is 1.23 bits per heavy atom. The van der Waals surface area contributed by atoms with Crippen LogP contribution in [-0.4, -0.2) is 30.2 Å². The number of ether oxygens (including phenoxy) is 2. The maximum atomic E-state index is 5.83. The molecule has 0 aromatic carbocycles. The van der Waals surface area contributed by atoms with Gasteiger partial charge in [0.25, 0.3) is 0 Å². The highest BCUT2D eigenvalue weighted by Crippen LogP contribution is 2.28. The quantitative estimate of drug-likeness (QED) is 0.715. The summed E-state index contributed by atoms with van der Waals surface area (Å²) in [6.07, 6.45) is 6.96. The van der Waals surface area contributed by atoms with Gasteiger partial charge in [0.05, 0.1) is 18.8 Å². The molecule has 2 nitrogen and oxygen atoms in total. The van der Waals surface area contributed by atoms with Crippen molar-refractivity contribution in [3.8, 4) is 0 Å². The van der Waals surface area contributed by atoms with Crippen LogP contribution in [-0.2, 0) is 9.47 Å². The van der Waals surface area contributed by atoms with E-state index in [1.807, 2.05) is 0 Å². The molecule has 0 amide bonds. The van der Waals surface area contributed by atoms with Gasteiger partial charge >= 0.3 is 0 Å². The zero-order valence-electron chi connectivity index (χ0n) is 7.88. The lowest BCUT2D eigenvalue weighted by molar-refractivity contribution is -0.0152. The van der Waals surface area contributed by atoms with Gasteiger partial charge in [-0.2, -0.15) is 0 Å². The Kier molecular flexibility index (Phi) is 3.64. The van der Waals surface area contributed by atoms with E-state index in [2.05, 4.69) is 15.9 Å². The van der Waals surface area contributed by atoms with Crippen molar-refractivity contribution in [1.82, 2.24) is 0 Å². The van der Waals surface area contributed by atoms with Crippen molar-refractivity contribution in [3.05, 3.63) is 0 Å². The average Bonchev–Trinajstić information content (AvgIpc) is 2.72. The fraction of sp³-hybridized carbons (Fsp3) is 1.00. The predicted octanol–water partition coefficient (Wildman–Crippen LogP) is 2.50. The minimum atomic E-state index is 0.375. The van der Waals surface area contributed by atoms with Gasteiger partial charge in [-0.25, -0.2) is 0 Å². The Balaban J connectivity index is 1.66. The smallest absolute Gasteiger partial charge is 0.0809 e. The molecule has 0 radical (unpaired) electrons. The second-order valence-electron chi connectivity index (χ2n) is 3.95. The number of rotatable bonds is 3. The lowest BCUT2D eigenvalue weighted by atomic mass is 10.2. The van der Waals surface area contributed by atoms with E-state index in [4.69, 9.17) is 9.47 Å². The Labute approximate surface area is 88.1 Å². The molecule has 2 aliphatic rings. The van der Waals surface area contributed by atoms with E-state index in [1.54, 1.807) is 0 Å². The lowest BCUT2D eigenvalue weighted by Crippen LogP contribution is -2.24. The summed E-state index contributed by atoms with van der Waals surface area (Å²) < 4.78 is 11.3. The summed E-state index contributed by atoms with van der Waals surface area (Å²) >= 11 is 3.65. The van der Waals surface area contributed by atoms with Crippen LogP contribution in [0.4, 0.5) is 0 Å². The summed E-state index contributed by atoms with van der Waals surface area (Å²) in [4.78, 5) is 0.578. The molecule has 0 bridgehead atoms. The molecule has 0 N–H and O–H groups in total. The second kappa shape index (κ2) is 4.76. The minimum Gasteiger partial charge on any atom is -0.376 e. The number of halogens is 1. The van der Waals surface area contributed by atoms with Gasteiger partial charge in [-0.05, 0) is 32.1 Å². The summed E-state index contributed by atoms with van der Waals surface area (Å²) in [6.45, 7) is 1.73. The predicted molar refractivity (Wildman–Crippen MR) is 55.3 cm³/mol. The highest BCUT2D eigenvalue weighted by Gasteiger charge is 2.27. The Bertz CT molecular complexity index is 157. The largest absolute Gasteiger partial charge is 0.376 e. The molecule has 76 valence electrons. The Morgan fingerprint density at radius 2 is 2.15 bits per heavy atom. The molecule has 1 aliphatic carbocycles. The molecule has 2 fully saturated rings. The molecule has 13 heavy (non-hydrogen) atoms. The third kappa shape index (κ3) is 2.67. The molecule has 3 unspecified atom stereocenters. The van der Waals surface area contributed by atoms with Gasteiger partial charge < -0.3 is 9.47 Å². The van der Waals surface area contributed by atoms with Gasteiger partial charge in [0.1, 0.15) is 0 Å². The normalized spacial score (nSPS) is 39.9. The molecule has 2 rings (SSSR count). The summed E-state index contributed by atoms with van der Waals surface area (Å²) in [5.74, 6) is 0. The molecule has 0 aromatic heterocycles. The van der Waals surface area contributed by atoms with Gasteiger partial charge in [-0.1, -0.05) is 15.9 Å². The fourth-order valence-corrected chi connectivity index (χ4v) is 2.82. The topological polar surface area (TPSA) is 18.5 Å². The van der Waals surface area contributed by atoms with E-state index in [0.717, 1.165) is 13.2 Å². The molecule has 1 aliphatic heterocycles. The molecular weight excluding hydrogens is 232 g/mol. The van der Waals surface area contributed by atoms with Gasteiger partial charge in [0.2, 0.25) is 0 Å². The van der Waals surface area contributed by atoms with Crippen molar-refractivity contribution in [2.24, 2.45) is 0 Å². The molecule has 3 atom stereocenters. The maximum absolute atomic E-state index is 5.83. The Morgan fingerprint density at radius 3 is 2.77 bits per heavy atom. The molecule has 1 saturated carbocycles. The van der Waals surface area contributed by atoms with Crippen molar-refractivity contribution in [2.45, 2.75) is 49.1 Å². The van der Waals surface area contributed by atoms with Crippen LogP contribution >= 0.6 is 15.9 Å². The first-order valence-corrected chi connectivity index (χ1v) is 6.15. The van der Waals surface area contributed by atoms with Crippen LogP contribution in [0.3, 0.4) is 0 Å². The maximum Gasteiger partial charge on any atom is 0.0809 e. The molecule has 0 spiro atoms. The number of hydrogen-bond acceptors (Lipinski definition) is 2. The summed E-state index contributed by atoms with van der Waals surface area (Å²) in [5.41, 5.74) is 0. The summed E-state index contributed by atoms with van der Waals surface area (Å²) in [7, 11) is 0. The van der Waals surface area contributed by atoms with Crippen molar-refractivity contribution in [2.75, 3.05) is 13.2 Å². The van der Waals surface area contributed by atoms with E-state index in [-0.39, 0.29) is 0 Å². The molecular formula is C10H17BrO2. The highest BCUT2D eigenvalue weighted by atomic mass is 79.9. The molecule has 3 heteroatoms. The van der Waals surface area contributed by atoms with Crippen LogP contribution in [0.1, 0.15) is 32.1 Å². The SMILES string of the molecule is BrC1CCCC1OCC1CCCO1. The van der Waals surface area contributed by atoms with Crippen molar-refractivity contribution in [1.29, 1.82) is 0 Å². The second-order valence-corrected chi connectivity index (χ2v) is 5.13. The minimum absolute atomic E-state index is 0.375. The van der Waals surface area contributed by atoms with Crippen LogP contribution in [0.5, 0.6) is 0 Å². The average molecular weight is 249 g/mol. The molecule has 1 saturated heterocycles. The van der Waals surface area contributed by atoms with Crippen LogP contribution in [0, 0.1) is 0 Å². The fourth-order valence-electron chi connectivity index (χ4n) is 2.08. The molecule has 1 heterocycles.